The molecule has 1 aromatic carbocycles. The van der Waals surface area contributed by atoms with E-state index in [-0.39, 0.29) is 36.0 Å². The number of amides is 2. The highest BCUT2D eigenvalue weighted by molar-refractivity contribution is 7.91. The van der Waals surface area contributed by atoms with Gasteiger partial charge in [0.05, 0.1) is 31.8 Å². The number of rotatable bonds is 5. The minimum Gasteiger partial charge on any atom is -0.497 e. The molecule has 3 rings (SSSR count). The van der Waals surface area contributed by atoms with Crippen molar-refractivity contribution >= 4 is 33.1 Å². The first-order valence-electron chi connectivity index (χ1n) is 8.45. The largest absolute Gasteiger partial charge is 0.497 e. The van der Waals surface area contributed by atoms with Crippen molar-refractivity contribution in [2.75, 3.05) is 31.0 Å². The molecule has 1 unspecified atom stereocenters. The van der Waals surface area contributed by atoms with E-state index in [0.717, 1.165) is 5.01 Å². The van der Waals surface area contributed by atoms with E-state index in [4.69, 9.17) is 9.47 Å². The van der Waals surface area contributed by atoms with Crippen LogP contribution in [-0.4, -0.2) is 62.7 Å². The molecule has 0 radical (unpaired) electrons. The van der Waals surface area contributed by atoms with E-state index in [1.54, 1.807) is 18.2 Å². The van der Waals surface area contributed by atoms with Crippen molar-refractivity contribution in [2.45, 2.75) is 25.3 Å². The molecule has 1 atom stereocenters. The maximum absolute atomic E-state index is 12.6. The lowest BCUT2D eigenvalue weighted by molar-refractivity contribution is -0.133. The molecule has 2 aliphatic rings. The molecule has 1 N–H and O–H groups in total. The van der Waals surface area contributed by atoms with E-state index >= 15 is 0 Å². The normalized spacial score (nSPS) is 21.6. The van der Waals surface area contributed by atoms with E-state index in [0.29, 0.717) is 23.6 Å². The fraction of sp³-hybridized carbons (Fsp3) is 0.471. The first-order chi connectivity index (χ1) is 12.8. The molecule has 1 aromatic rings. The zero-order valence-electron chi connectivity index (χ0n) is 15.1. The third-order valence-corrected chi connectivity index (χ3v) is 6.24. The number of methoxy groups -OCH3 is 2. The molecule has 10 heteroatoms. The van der Waals surface area contributed by atoms with Crippen molar-refractivity contribution in [1.29, 1.82) is 0 Å². The van der Waals surface area contributed by atoms with Gasteiger partial charge in [0.1, 0.15) is 17.2 Å². The van der Waals surface area contributed by atoms with Gasteiger partial charge in [-0.25, -0.2) is 13.4 Å². The van der Waals surface area contributed by atoms with Crippen molar-refractivity contribution in [1.82, 2.24) is 5.01 Å². The molecule has 0 bridgehead atoms. The summed E-state index contributed by atoms with van der Waals surface area (Å²) in [5.74, 6) is 0.221. The van der Waals surface area contributed by atoms with Gasteiger partial charge in [-0.3, -0.25) is 9.59 Å². The molecule has 2 heterocycles. The van der Waals surface area contributed by atoms with Crippen LogP contribution in [0.4, 0.5) is 5.69 Å². The number of ether oxygens (including phenoxy) is 2. The highest BCUT2D eigenvalue weighted by Gasteiger charge is 2.37. The van der Waals surface area contributed by atoms with Gasteiger partial charge >= 0.3 is 0 Å². The Labute approximate surface area is 157 Å². The van der Waals surface area contributed by atoms with E-state index in [2.05, 4.69) is 10.4 Å². The van der Waals surface area contributed by atoms with Crippen molar-refractivity contribution in [3.63, 3.8) is 0 Å². The van der Waals surface area contributed by atoms with Crippen molar-refractivity contribution in [2.24, 2.45) is 5.10 Å². The minimum absolute atomic E-state index is 0.0299. The van der Waals surface area contributed by atoms with Crippen LogP contribution in [0.25, 0.3) is 0 Å². The van der Waals surface area contributed by atoms with Crippen LogP contribution in [0.5, 0.6) is 11.5 Å². The monoisotopic (exact) mass is 395 g/mol. The summed E-state index contributed by atoms with van der Waals surface area (Å²) >= 11 is 0. The minimum atomic E-state index is -3.16. The van der Waals surface area contributed by atoms with Crippen LogP contribution in [0, 0.1) is 0 Å². The van der Waals surface area contributed by atoms with Crippen LogP contribution in [0.1, 0.15) is 19.3 Å². The second-order valence-corrected chi connectivity index (χ2v) is 8.63. The molecule has 0 saturated carbocycles. The molecular weight excluding hydrogens is 374 g/mol. The van der Waals surface area contributed by atoms with E-state index in [9.17, 15) is 18.0 Å². The lowest BCUT2D eigenvalue weighted by Crippen LogP contribution is -2.42. The van der Waals surface area contributed by atoms with Crippen LogP contribution >= 0.6 is 0 Å². The van der Waals surface area contributed by atoms with Crippen molar-refractivity contribution < 1.29 is 27.5 Å². The van der Waals surface area contributed by atoms with Crippen LogP contribution < -0.4 is 14.8 Å². The number of nitrogens with zero attached hydrogens (tertiary/aromatic N) is 2. The third kappa shape index (κ3) is 4.38. The molecule has 27 heavy (non-hydrogen) atoms. The van der Waals surface area contributed by atoms with E-state index in [1.165, 1.54) is 14.2 Å². The number of anilines is 1. The van der Waals surface area contributed by atoms with Gasteiger partial charge in [-0.15, -0.1) is 0 Å². The average molecular weight is 395 g/mol. The molecule has 1 fully saturated rings. The van der Waals surface area contributed by atoms with Gasteiger partial charge in [-0.05, 0) is 6.42 Å². The highest BCUT2D eigenvalue weighted by Crippen LogP contribution is 2.26. The van der Waals surface area contributed by atoms with E-state index < -0.39 is 21.8 Å². The summed E-state index contributed by atoms with van der Waals surface area (Å²) in [4.78, 5) is 24.7. The molecule has 0 aromatic heterocycles. The fourth-order valence-electron chi connectivity index (χ4n) is 3.07. The van der Waals surface area contributed by atoms with Gasteiger partial charge in [0.2, 0.25) is 5.91 Å². The lowest BCUT2D eigenvalue weighted by atomic mass is 10.1. The maximum Gasteiger partial charge on any atom is 0.271 e. The Balaban J connectivity index is 1.78. The van der Waals surface area contributed by atoms with Crippen LogP contribution in [-0.2, 0) is 19.4 Å². The second kappa shape index (κ2) is 7.55. The summed E-state index contributed by atoms with van der Waals surface area (Å²) in [5, 5.41) is 8.03. The number of hydrogen-bond donors (Lipinski definition) is 1. The predicted octanol–water partition coefficient (Wildman–Crippen LogP) is 0.808. The zero-order chi connectivity index (χ0) is 19.6. The number of nitrogens with one attached hydrogen (secondary N) is 1. The second-order valence-electron chi connectivity index (χ2n) is 6.40. The number of carbonyl (C=O) groups is 2. The van der Waals surface area contributed by atoms with Gasteiger partial charge in [-0.2, -0.15) is 5.10 Å². The Morgan fingerprint density at radius 2 is 1.85 bits per heavy atom. The molecule has 146 valence electrons. The first kappa shape index (κ1) is 19.2. The first-order valence-corrected chi connectivity index (χ1v) is 10.3. The van der Waals surface area contributed by atoms with Crippen LogP contribution in [0.3, 0.4) is 0 Å². The fourth-order valence-corrected chi connectivity index (χ4v) is 4.76. The maximum atomic E-state index is 12.6. The summed E-state index contributed by atoms with van der Waals surface area (Å²) in [7, 11) is -0.152. The number of carbonyl (C=O) groups excluding carboxylic acids is 2. The summed E-state index contributed by atoms with van der Waals surface area (Å²) in [6.45, 7) is 0. The molecule has 0 spiro atoms. The summed E-state index contributed by atoms with van der Waals surface area (Å²) in [5.41, 5.74) is 0.645. The molecule has 9 nitrogen and oxygen atoms in total. The van der Waals surface area contributed by atoms with Gasteiger partial charge in [0.25, 0.3) is 5.91 Å². The molecule has 2 amide bonds. The molecule has 2 aliphatic heterocycles. The smallest absolute Gasteiger partial charge is 0.271 e. The molecule has 0 aliphatic carbocycles. The van der Waals surface area contributed by atoms with Gasteiger partial charge < -0.3 is 14.8 Å². The molecular formula is C17H21N3O6S. The Morgan fingerprint density at radius 1 is 1.19 bits per heavy atom. The van der Waals surface area contributed by atoms with Gasteiger partial charge in [0.15, 0.2) is 9.84 Å². The van der Waals surface area contributed by atoms with Crippen molar-refractivity contribution in [3.8, 4) is 11.5 Å². The third-order valence-electron chi connectivity index (χ3n) is 4.49. The summed E-state index contributed by atoms with van der Waals surface area (Å²) in [6, 6.07) is 4.43. The summed E-state index contributed by atoms with van der Waals surface area (Å²) in [6.07, 6.45) is 0.644. The van der Waals surface area contributed by atoms with E-state index in [1.807, 2.05) is 0 Å². The average Bonchev–Trinajstić information content (AvgIpc) is 3.01. The quantitative estimate of drug-likeness (QED) is 0.789. The van der Waals surface area contributed by atoms with Gasteiger partial charge in [-0.1, -0.05) is 0 Å². The number of hydrazone groups is 1. The van der Waals surface area contributed by atoms with Crippen molar-refractivity contribution in [3.05, 3.63) is 18.2 Å². The Morgan fingerprint density at radius 3 is 2.41 bits per heavy atom. The molecule has 1 saturated heterocycles. The number of benzene rings is 1. The highest BCUT2D eigenvalue weighted by atomic mass is 32.2. The van der Waals surface area contributed by atoms with Crippen LogP contribution in [0.2, 0.25) is 0 Å². The topological polar surface area (TPSA) is 114 Å². The SMILES string of the molecule is COc1cc(NC(=O)C2=NN(C3CCS(=O)(=O)C3)C(=O)CC2)cc(OC)c1. The lowest BCUT2D eigenvalue weighted by Gasteiger charge is -2.27. The van der Waals surface area contributed by atoms with Crippen LogP contribution in [0.15, 0.2) is 23.3 Å². The number of sulfone groups is 1. The Bertz CT molecular complexity index is 874. The number of hydrogen-bond acceptors (Lipinski definition) is 7. The van der Waals surface area contributed by atoms with Gasteiger partial charge in [0, 0.05) is 36.7 Å². The Hall–Kier alpha value is -2.62. The summed E-state index contributed by atoms with van der Waals surface area (Å²) < 4.78 is 33.7. The zero-order valence-corrected chi connectivity index (χ0v) is 15.9. The predicted molar refractivity (Wildman–Crippen MR) is 98.7 cm³/mol. The Kier molecular flexibility index (Phi) is 5.36. The standard InChI is InChI=1S/C17H21N3O6S/c1-25-13-7-11(8-14(9-13)26-2)18-17(22)15-3-4-16(21)20(19-15)12-5-6-27(23,24)10-12/h7-9,12H,3-6,10H2,1-2H3,(H,18,22).